The predicted molar refractivity (Wildman–Crippen MR) is 66.2 cm³/mol. The maximum Gasteiger partial charge on any atom is 0.0300 e. The lowest BCUT2D eigenvalue weighted by Gasteiger charge is -2.23. The van der Waals surface area contributed by atoms with Gasteiger partial charge in [0.2, 0.25) is 0 Å². The molecule has 0 spiro atoms. The van der Waals surface area contributed by atoms with Crippen molar-refractivity contribution in [1.29, 1.82) is 0 Å². The second-order valence-corrected chi connectivity index (χ2v) is 3.82. The Labute approximate surface area is 94.5 Å². The molecule has 0 aromatic heterocycles. The van der Waals surface area contributed by atoms with Crippen LogP contribution in [0.1, 0.15) is 46.0 Å². The number of unbranched alkanes of at least 4 members (excludes halogenated alkanes) is 2. The quantitative estimate of drug-likeness (QED) is 0.359. The number of nitrogens with two attached hydrogens (primary N) is 1. The van der Waals surface area contributed by atoms with Crippen LogP contribution in [0.5, 0.6) is 0 Å². The lowest BCUT2D eigenvalue weighted by molar-refractivity contribution is 0.111. The minimum absolute atomic E-state index is 0.751. The summed E-state index contributed by atoms with van der Waals surface area (Å²) >= 11 is 0. The molecule has 0 fully saturated rings. The van der Waals surface area contributed by atoms with Crippen LogP contribution in [-0.4, -0.2) is 31.3 Å². The van der Waals surface area contributed by atoms with Crippen molar-refractivity contribution in [3.05, 3.63) is 0 Å². The van der Waals surface area contributed by atoms with Crippen molar-refractivity contribution < 1.29 is 0 Å². The molecule has 4 nitrogen and oxygen atoms in total. The van der Waals surface area contributed by atoms with Crippen LogP contribution in [0.4, 0.5) is 0 Å². The Morgan fingerprint density at radius 2 is 1.47 bits per heavy atom. The van der Waals surface area contributed by atoms with Crippen LogP contribution < -0.4 is 16.6 Å². The molecule has 0 aromatic rings. The van der Waals surface area contributed by atoms with Crippen LogP contribution in [0.15, 0.2) is 0 Å². The molecule has 0 rings (SSSR count). The number of nitrogens with zero attached hydrogens (tertiary/aromatic N) is 1. The van der Waals surface area contributed by atoms with E-state index in [1.54, 1.807) is 0 Å². The molecule has 0 aliphatic rings. The highest BCUT2D eigenvalue weighted by Gasteiger charge is 2.01. The van der Waals surface area contributed by atoms with Gasteiger partial charge in [0, 0.05) is 19.6 Å². The number of hydrogen-bond donors (Lipinski definition) is 3. The summed E-state index contributed by atoms with van der Waals surface area (Å²) in [6, 6.07) is 0. The molecule has 0 saturated heterocycles. The zero-order chi connectivity index (χ0) is 11.4. The van der Waals surface area contributed by atoms with Crippen LogP contribution in [0.2, 0.25) is 0 Å². The van der Waals surface area contributed by atoms with Gasteiger partial charge in [0.05, 0.1) is 0 Å². The first-order valence-corrected chi connectivity index (χ1v) is 6.29. The van der Waals surface area contributed by atoms with E-state index in [0.29, 0.717) is 0 Å². The summed E-state index contributed by atoms with van der Waals surface area (Å²) in [4.78, 5) is 0. The van der Waals surface area contributed by atoms with Gasteiger partial charge in [-0.3, -0.25) is 0 Å². The average molecular weight is 216 g/mol. The van der Waals surface area contributed by atoms with E-state index >= 15 is 0 Å². The van der Waals surface area contributed by atoms with Crippen molar-refractivity contribution in [1.82, 2.24) is 16.0 Å². The molecule has 0 radical (unpaired) electrons. The fourth-order valence-corrected chi connectivity index (χ4v) is 1.25. The lowest BCUT2D eigenvalue weighted by atomic mass is 10.3. The highest BCUT2D eigenvalue weighted by Crippen LogP contribution is 1.88. The lowest BCUT2D eigenvalue weighted by Crippen LogP contribution is -2.49. The van der Waals surface area contributed by atoms with Gasteiger partial charge in [-0.25, -0.2) is 10.9 Å². The minimum atomic E-state index is 0.751. The standard InChI is InChI=1S/C11H28N4/c1-3-5-9-13-15(11-7-8-12)14-10-6-4-2/h13-14H,3-12H2,1-2H3. The topological polar surface area (TPSA) is 53.3 Å². The molecule has 0 aliphatic heterocycles. The fourth-order valence-electron chi connectivity index (χ4n) is 1.25. The summed E-state index contributed by atoms with van der Waals surface area (Å²) in [7, 11) is 0. The maximum atomic E-state index is 5.50. The van der Waals surface area contributed by atoms with Crippen molar-refractivity contribution in [2.75, 3.05) is 26.2 Å². The zero-order valence-corrected chi connectivity index (χ0v) is 10.4. The molecular weight excluding hydrogens is 188 g/mol. The van der Waals surface area contributed by atoms with Crippen LogP contribution in [-0.2, 0) is 0 Å². The number of rotatable bonds is 11. The van der Waals surface area contributed by atoms with E-state index in [1.165, 1.54) is 25.7 Å². The first-order valence-electron chi connectivity index (χ1n) is 6.29. The SMILES string of the molecule is CCCCNN(CCCN)NCCCC. The summed E-state index contributed by atoms with van der Waals surface area (Å²) in [5.41, 5.74) is 12.3. The van der Waals surface area contributed by atoms with E-state index in [9.17, 15) is 0 Å². The molecular formula is C11H28N4. The van der Waals surface area contributed by atoms with E-state index < -0.39 is 0 Å². The minimum Gasteiger partial charge on any atom is -0.330 e. The van der Waals surface area contributed by atoms with E-state index in [1.807, 2.05) is 0 Å². The van der Waals surface area contributed by atoms with Crippen molar-refractivity contribution >= 4 is 0 Å². The van der Waals surface area contributed by atoms with Gasteiger partial charge in [0.1, 0.15) is 0 Å². The second kappa shape index (κ2) is 11.9. The van der Waals surface area contributed by atoms with Gasteiger partial charge >= 0.3 is 0 Å². The summed E-state index contributed by atoms with van der Waals surface area (Å²) in [5.74, 6) is 0. The molecule has 0 amide bonds. The molecule has 0 saturated carbocycles. The monoisotopic (exact) mass is 216 g/mol. The van der Waals surface area contributed by atoms with E-state index in [-0.39, 0.29) is 0 Å². The van der Waals surface area contributed by atoms with E-state index in [4.69, 9.17) is 5.73 Å². The summed E-state index contributed by atoms with van der Waals surface area (Å²) in [5, 5.41) is 2.10. The van der Waals surface area contributed by atoms with Crippen molar-refractivity contribution in [2.24, 2.45) is 5.73 Å². The first-order chi connectivity index (χ1) is 7.35. The maximum absolute atomic E-state index is 5.50. The molecule has 15 heavy (non-hydrogen) atoms. The van der Waals surface area contributed by atoms with Gasteiger partial charge in [-0.15, -0.1) is 0 Å². The Hall–Kier alpha value is -0.160. The van der Waals surface area contributed by atoms with Gasteiger partial charge in [-0.2, -0.15) is 5.12 Å². The Morgan fingerprint density at radius 1 is 0.933 bits per heavy atom. The van der Waals surface area contributed by atoms with E-state index in [0.717, 1.165) is 32.6 Å². The second-order valence-electron chi connectivity index (χ2n) is 3.82. The molecule has 0 atom stereocenters. The molecule has 0 aliphatic carbocycles. The van der Waals surface area contributed by atoms with Gasteiger partial charge < -0.3 is 5.73 Å². The predicted octanol–water partition coefficient (Wildman–Crippen LogP) is 1.25. The van der Waals surface area contributed by atoms with Crippen LogP contribution in [0, 0.1) is 0 Å². The Kier molecular flexibility index (Phi) is 11.8. The van der Waals surface area contributed by atoms with Gasteiger partial charge in [-0.1, -0.05) is 26.7 Å². The summed E-state index contributed by atoms with van der Waals surface area (Å²) in [6.45, 7) is 8.22. The van der Waals surface area contributed by atoms with Crippen molar-refractivity contribution in [3.8, 4) is 0 Å². The molecule has 0 bridgehead atoms. The van der Waals surface area contributed by atoms with Gasteiger partial charge in [0.25, 0.3) is 0 Å². The highest BCUT2D eigenvalue weighted by atomic mass is 15.7. The van der Waals surface area contributed by atoms with E-state index in [2.05, 4.69) is 29.8 Å². The number of nitrogens with one attached hydrogen (secondary N) is 2. The third-order valence-corrected chi connectivity index (χ3v) is 2.25. The van der Waals surface area contributed by atoms with Crippen LogP contribution in [0.3, 0.4) is 0 Å². The highest BCUT2D eigenvalue weighted by molar-refractivity contribution is 4.50. The Balaban J connectivity index is 3.53. The number of hydrazine groups is 2. The molecule has 0 aromatic carbocycles. The summed E-state index contributed by atoms with van der Waals surface area (Å²) < 4.78 is 0. The van der Waals surface area contributed by atoms with Gasteiger partial charge in [0.15, 0.2) is 0 Å². The van der Waals surface area contributed by atoms with Crippen molar-refractivity contribution in [2.45, 2.75) is 46.0 Å². The average Bonchev–Trinajstić information content (AvgIpc) is 2.25. The molecule has 0 heterocycles. The Morgan fingerprint density at radius 3 is 1.87 bits per heavy atom. The van der Waals surface area contributed by atoms with Gasteiger partial charge in [-0.05, 0) is 25.8 Å². The molecule has 92 valence electrons. The Bertz CT molecular complexity index is 109. The van der Waals surface area contributed by atoms with Crippen LogP contribution >= 0.6 is 0 Å². The molecule has 4 N–H and O–H groups in total. The third kappa shape index (κ3) is 10.1. The van der Waals surface area contributed by atoms with Crippen molar-refractivity contribution in [3.63, 3.8) is 0 Å². The molecule has 4 heteroatoms. The molecule has 0 unspecified atom stereocenters. The fraction of sp³-hybridized carbons (Fsp3) is 1.00. The smallest absolute Gasteiger partial charge is 0.0300 e. The first kappa shape index (κ1) is 14.8. The normalized spacial score (nSPS) is 11.2. The zero-order valence-electron chi connectivity index (χ0n) is 10.4. The number of hydrogen-bond acceptors (Lipinski definition) is 4. The largest absolute Gasteiger partial charge is 0.330 e. The van der Waals surface area contributed by atoms with Crippen LogP contribution in [0.25, 0.3) is 0 Å². The third-order valence-electron chi connectivity index (χ3n) is 2.25. The summed E-state index contributed by atoms with van der Waals surface area (Å²) in [6.07, 6.45) is 5.92.